The van der Waals surface area contributed by atoms with E-state index in [4.69, 9.17) is 5.73 Å². The van der Waals surface area contributed by atoms with Crippen LogP contribution in [0.3, 0.4) is 0 Å². The monoisotopic (exact) mass is 311 g/mol. The molecule has 0 radical (unpaired) electrons. The van der Waals surface area contributed by atoms with E-state index in [1.807, 2.05) is 6.92 Å². The van der Waals surface area contributed by atoms with Crippen LogP contribution in [0.4, 0.5) is 0 Å². The zero-order valence-corrected chi connectivity index (χ0v) is 13.6. The van der Waals surface area contributed by atoms with Crippen molar-refractivity contribution in [2.75, 3.05) is 19.6 Å². The number of nitrogens with zero attached hydrogens (tertiary/aromatic N) is 1. The number of sulfonamides is 1. The van der Waals surface area contributed by atoms with Gasteiger partial charge in [-0.3, -0.25) is 4.90 Å². The highest BCUT2D eigenvalue weighted by atomic mass is 32.2. The molecule has 1 aromatic rings. The van der Waals surface area contributed by atoms with E-state index in [-0.39, 0.29) is 0 Å². The highest BCUT2D eigenvalue weighted by Crippen LogP contribution is 2.18. The van der Waals surface area contributed by atoms with Crippen molar-refractivity contribution >= 4 is 10.0 Å². The quantitative estimate of drug-likeness (QED) is 0.828. The molecule has 0 saturated carbocycles. The van der Waals surface area contributed by atoms with E-state index >= 15 is 0 Å². The highest BCUT2D eigenvalue weighted by Gasteiger charge is 2.25. The Morgan fingerprint density at radius 1 is 1.43 bits per heavy atom. The van der Waals surface area contributed by atoms with Crippen LogP contribution >= 0.6 is 0 Å². The molecule has 1 fully saturated rings. The van der Waals surface area contributed by atoms with Crippen molar-refractivity contribution in [1.82, 2.24) is 9.62 Å². The molecule has 0 spiro atoms. The lowest BCUT2D eigenvalue weighted by atomic mass is 10.1. The predicted octanol–water partition coefficient (Wildman–Crippen LogP) is 1.22. The Hall–Kier alpha value is -0.950. The Labute approximate surface area is 127 Å². The molecular weight excluding hydrogens is 286 g/mol. The largest absolute Gasteiger partial charge is 0.326 e. The minimum atomic E-state index is -3.44. The number of nitrogens with two attached hydrogens (primary N) is 1. The van der Waals surface area contributed by atoms with Gasteiger partial charge in [0.25, 0.3) is 0 Å². The molecule has 1 heterocycles. The van der Waals surface area contributed by atoms with Gasteiger partial charge in [-0.15, -0.1) is 0 Å². The van der Waals surface area contributed by atoms with Gasteiger partial charge in [-0.05, 0) is 56.1 Å². The summed E-state index contributed by atoms with van der Waals surface area (Å²) >= 11 is 0. The van der Waals surface area contributed by atoms with Gasteiger partial charge in [0.2, 0.25) is 10.0 Å². The maximum atomic E-state index is 12.4. The van der Waals surface area contributed by atoms with Crippen molar-refractivity contribution < 1.29 is 8.42 Å². The molecule has 0 aliphatic carbocycles. The Bertz CT molecular complexity index is 587. The van der Waals surface area contributed by atoms with Crippen molar-refractivity contribution in [2.24, 2.45) is 5.73 Å². The first kappa shape index (κ1) is 16.4. The molecule has 0 aromatic heterocycles. The van der Waals surface area contributed by atoms with Gasteiger partial charge in [-0.1, -0.05) is 13.0 Å². The van der Waals surface area contributed by atoms with Crippen molar-refractivity contribution in [3.05, 3.63) is 29.3 Å². The standard InChI is InChI=1S/C15H25N3O2S/c1-3-18-8-4-5-14(18)11-17-21(19,20)15-7-6-13(10-16)12(2)9-15/h6-7,9,14,17H,3-5,8,10-11,16H2,1-2H3. The minimum absolute atomic E-state index is 0.314. The summed E-state index contributed by atoms with van der Waals surface area (Å²) in [6.45, 7) is 6.93. The van der Waals surface area contributed by atoms with Crippen molar-refractivity contribution in [1.29, 1.82) is 0 Å². The summed E-state index contributed by atoms with van der Waals surface area (Å²) in [6, 6.07) is 5.42. The van der Waals surface area contributed by atoms with Gasteiger partial charge in [-0.2, -0.15) is 0 Å². The summed E-state index contributed by atoms with van der Waals surface area (Å²) in [5.41, 5.74) is 7.50. The zero-order chi connectivity index (χ0) is 15.5. The van der Waals surface area contributed by atoms with Crippen LogP contribution in [0.1, 0.15) is 30.9 Å². The first-order valence-corrected chi connectivity index (χ1v) is 8.99. The van der Waals surface area contributed by atoms with Crippen LogP contribution in [-0.2, 0) is 16.6 Å². The summed E-state index contributed by atoms with van der Waals surface area (Å²) in [5.74, 6) is 0. The lowest BCUT2D eigenvalue weighted by molar-refractivity contribution is 0.268. The molecule has 1 atom stereocenters. The van der Waals surface area contributed by atoms with Gasteiger partial charge >= 0.3 is 0 Å². The lowest BCUT2D eigenvalue weighted by Crippen LogP contribution is -2.40. The Kier molecular flexibility index (Phi) is 5.37. The van der Waals surface area contributed by atoms with E-state index in [1.54, 1.807) is 18.2 Å². The fraction of sp³-hybridized carbons (Fsp3) is 0.600. The smallest absolute Gasteiger partial charge is 0.240 e. The highest BCUT2D eigenvalue weighted by molar-refractivity contribution is 7.89. The maximum Gasteiger partial charge on any atom is 0.240 e. The van der Waals surface area contributed by atoms with Gasteiger partial charge in [0, 0.05) is 19.1 Å². The van der Waals surface area contributed by atoms with Gasteiger partial charge in [-0.25, -0.2) is 13.1 Å². The van der Waals surface area contributed by atoms with E-state index in [2.05, 4.69) is 16.5 Å². The predicted molar refractivity (Wildman–Crippen MR) is 84.5 cm³/mol. The van der Waals surface area contributed by atoms with Gasteiger partial charge in [0.15, 0.2) is 0 Å². The van der Waals surface area contributed by atoms with E-state index in [1.165, 1.54) is 0 Å². The van der Waals surface area contributed by atoms with Crippen LogP contribution in [0, 0.1) is 6.92 Å². The Morgan fingerprint density at radius 2 is 2.19 bits per heavy atom. The second-order valence-corrected chi connectivity index (χ2v) is 7.34. The van der Waals surface area contributed by atoms with Crippen LogP contribution < -0.4 is 10.5 Å². The van der Waals surface area contributed by atoms with Crippen LogP contribution in [0.2, 0.25) is 0 Å². The van der Waals surface area contributed by atoms with Crippen LogP contribution in [0.25, 0.3) is 0 Å². The number of nitrogens with one attached hydrogen (secondary N) is 1. The molecule has 1 aromatic carbocycles. The van der Waals surface area contributed by atoms with Crippen LogP contribution in [0.5, 0.6) is 0 Å². The van der Waals surface area contributed by atoms with Gasteiger partial charge in [0.05, 0.1) is 4.90 Å². The Balaban J connectivity index is 2.06. The topological polar surface area (TPSA) is 75.4 Å². The van der Waals surface area contributed by atoms with E-state index in [0.29, 0.717) is 24.0 Å². The molecule has 21 heavy (non-hydrogen) atoms. The number of rotatable bonds is 6. The molecule has 0 bridgehead atoms. The molecule has 6 heteroatoms. The van der Waals surface area contributed by atoms with Gasteiger partial charge in [0.1, 0.15) is 0 Å². The number of likely N-dealkylation sites (tertiary alicyclic amines) is 1. The summed E-state index contributed by atoms with van der Waals surface area (Å²) in [6.07, 6.45) is 2.20. The molecule has 118 valence electrons. The van der Waals surface area contributed by atoms with E-state index in [9.17, 15) is 8.42 Å². The third-order valence-electron chi connectivity index (χ3n) is 4.26. The zero-order valence-electron chi connectivity index (χ0n) is 12.8. The molecule has 2 rings (SSSR count). The minimum Gasteiger partial charge on any atom is -0.326 e. The summed E-state index contributed by atoms with van der Waals surface area (Å²) in [4.78, 5) is 2.64. The third-order valence-corrected chi connectivity index (χ3v) is 5.68. The Morgan fingerprint density at radius 3 is 2.81 bits per heavy atom. The molecule has 0 amide bonds. The van der Waals surface area contributed by atoms with Gasteiger partial charge < -0.3 is 5.73 Å². The first-order chi connectivity index (χ1) is 9.97. The number of hydrogen-bond donors (Lipinski definition) is 2. The summed E-state index contributed by atoms with van der Waals surface area (Å²) in [5, 5.41) is 0. The summed E-state index contributed by atoms with van der Waals surface area (Å²) < 4.78 is 27.5. The maximum absolute atomic E-state index is 12.4. The third kappa shape index (κ3) is 3.83. The normalized spacial score (nSPS) is 20.0. The van der Waals surface area contributed by atoms with E-state index < -0.39 is 10.0 Å². The summed E-state index contributed by atoms with van der Waals surface area (Å²) in [7, 11) is -3.44. The fourth-order valence-electron chi connectivity index (χ4n) is 2.90. The molecule has 1 saturated heterocycles. The number of likely N-dealkylation sites (N-methyl/N-ethyl adjacent to an activating group) is 1. The molecule has 1 aliphatic rings. The molecule has 5 nitrogen and oxygen atoms in total. The van der Waals surface area contributed by atoms with Crippen molar-refractivity contribution in [3.63, 3.8) is 0 Å². The molecule has 3 N–H and O–H groups in total. The second-order valence-electron chi connectivity index (χ2n) is 5.57. The number of aryl methyl sites for hydroxylation is 1. The lowest BCUT2D eigenvalue weighted by Gasteiger charge is -2.22. The van der Waals surface area contributed by atoms with Crippen molar-refractivity contribution in [2.45, 2.75) is 44.2 Å². The van der Waals surface area contributed by atoms with Crippen LogP contribution in [0.15, 0.2) is 23.1 Å². The average Bonchev–Trinajstić information content (AvgIpc) is 2.92. The fourth-order valence-corrected chi connectivity index (χ4v) is 4.05. The molecule has 1 unspecified atom stereocenters. The molecule has 1 aliphatic heterocycles. The number of hydrogen-bond acceptors (Lipinski definition) is 4. The molecular formula is C15H25N3O2S. The SMILES string of the molecule is CCN1CCCC1CNS(=O)(=O)c1ccc(CN)c(C)c1. The van der Waals surface area contributed by atoms with E-state index in [0.717, 1.165) is 37.1 Å². The van der Waals surface area contributed by atoms with Crippen LogP contribution in [-0.4, -0.2) is 39.0 Å². The first-order valence-electron chi connectivity index (χ1n) is 7.51. The average molecular weight is 311 g/mol. The second kappa shape index (κ2) is 6.87. The number of benzene rings is 1. The van der Waals surface area contributed by atoms with Crippen molar-refractivity contribution in [3.8, 4) is 0 Å².